The molecule has 0 amide bonds. The summed E-state index contributed by atoms with van der Waals surface area (Å²) in [5, 5.41) is 8.40. The third-order valence-corrected chi connectivity index (χ3v) is 5.76. The molecule has 0 aromatic heterocycles. The van der Waals surface area contributed by atoms with Crippen LogP contribution in [0.2, 0.25) is 0 Å². The van der Waals surface area contributed by atoms with Gasteiger partial charge in [0, 0.05) is 0 Å². The maximum Gasteiger partial charge on any atom is 0.0568 e. The van der Waals surface area contributed by atoms with E-state index in [1.807, 2.05) is 18.5 Å². The molecule has 2 aromatic carbocycles. The summed E-state index contributed by atoms with van der Waals surface area (Å²) in [6.07, 6.45) is 14.3. The number of aryl methyl sites for hydroxylation is 1. The summed E-state index contributed by atoms with van der Waals surface area (Å²) in [5.41, 5.74) is 5.00. The molecule has 28 heavy (non-hydrogen) atoms. The minimum absolute atomic E-state index is 0.736. The van der Waals surface area contributed by atoms with Gasteiger partial charge in [-0.25, -0.2) is 0 Å². The number of allylic oxidation sites excluding steroid dienone is 1. The molecule has 0 aliphatic heterocycles. The summed E-state index contributed by atoms with van der Waals surface area (Å²) in [6.45, 7) is 6.14. The van der Waals surface area contributed by atoms with Crippen LogP contribution in [0.15, 0.2) is 71.4 Å². The predicted molar refractivity (Wildman–Crippen MR) is 122 cm³/mol. The molecule has 0 radical (unpaired) electrons. The zero-order valence-corrected chi connectivity index (χ0v) is 17.1. The highest BCUT2D eigenvalue weighted by molar-refractivity contribution is 5.82. The fourth-order valence-corrected chi connectivity index (χ4v) is 3.87. The molecule has 0 N–H and O–H groups in total. The molecule has 0 bridgehead atoms. The molecule has 2 aromatic rings. The fourth-order valence-electron chi connectivity index (χ4n) is 3.87. The standard InChI is InChI=1S/C26H32N2/c1-3-4-5-6-22-9-11-23(12-10-22)19-27-28-20-24-13-17-26(18-14-24)25-15-7-21(2)8-16-25/h3,9-14,17-21,25H,1,4-8,15-16H2,2H3. The highest BCUT2D eigenvalue weighted by Crippen LogP contribution is 2.35. The lowest BCUT2D eigenvalue weighted by Crippen LogP contribution is -2.10. The molecular weight excluding hydrogens is 340 g/mol. The van der Waals surface area contributed by atoms with Crippen LogP contribution in [-0.4, -0.2) is 12.4 Å². The van der Waals surface area contributed by atoms with E-state index in [0.717, 1.165) is 42.2 Å². The molecule has 1 aliphatic rings. The highest BCUT2D eigenvalue weighted by atomic mass is 15.2. The van der Waals surface area contributed by atoms with Crippen molar-refractivity contribution in [1.29, 1.82) is 0 Å². The van der Waals surface area contributed by atoms with Crippen molar-refractivity contribution in [3.8, 4) is 0 Å². The highest BCUT2D eigenvalue weighted by Gasteiger charge is 2.19. The number of nitrogens with zero attached hydrogens (tertiary/aromatic N) is 2. The normalized spacial score (nSPS) is 20.0. The van der Waals surface area contributed by atoms with Crippen LogP contribution in [0.1, 0.15) is 73.6 Å². The molecule has 146 valence electrons. The van der Waals surface area contributed by atoms with Gasteiger partial charge in [0.1, 0.15) is 0 Å². The average Bonchev–Trinajstić information content (AvgIpc) is 2.73. The van der Waals surface area contributed by atoms with Crippen molar-refractivity contribution >= 4 is 12.4 Å². The molecule has 0 saturated heterocycles. The zero-order valence-electron chi connectivity index (χ0n) is 17.1. The number of benzene rings is 2. The van der Waals surface area contributed by atoms with E-state index in [2.05, 4.69) is 72.2 Å². The molecule has 2 nitrogen and oxygen atoms in total. The van der Waals surface area contributed by atoms with Crippen LogP contribution in [0.3, 0.4) is 0 Å². The van der Waals surface area contributed by atoms with E-state index in [1.54, 1.807) is 0 Å². The Labute approximate surface area is 170 Å². The summed E-state index contributed by atoms with van der Waals surface area (Å²) in [7, 11) is 0. The molecule has 1 aliphatic carbocycles. The summed E-state index contributed by atoms with van der Waals surface area (Å²) in [4.78, 5) is 0. The first-order chi connectivity index (χ1) is 13.7. The van der Waals surface area contributed by atoms with Gasteiger partial charge in [0.2, 0.25) is 0 Å². The van der Waals surface area contributed by atoms with Crippen LogP contribution in [0.5, 0.6) is 0 Å². The Morgan fingerprint density at radius 3 is 2.00 bits per heavy atom. The molecule has 1 saturated carbocycles. The second-order valence-corrected chi connectivity index (χ2v) is 8.04. The molecule has 0 atom stereocenters. The predicted octanol–water partition coefficient (Wildman–Crippen LogP) is 6.94. The lowest BCUT2D eigenvalue weighted by Gasteiger charge is -2.26. The van der Waals surface area contributed by atoms with Crippen molar-refractivity contribution in [3.05, 3.63) is 83.4 Å². The monoisotopic (exact) mass is 372 g/mol. The summed E-state index contributed by atoms with van der Waals surface area (Å²) >= 11 is 0. The largest absolute Gasteiger partial charge is 0.159 e. The Morgan fingerprint density at radius 1 is 0.857 bits per heavy atom. The molecule has 2 heteroatoms. The van der Waals surface area contributed by atoms with Crippen LogP contribution in [0.4, 0.5) is 0 Å². The second-order valence-electron chi connectivity index (χ2n) is 8.04. The van der Waals surface area contributed by atoms with Crippen LogP contribution < -0.4 is 0 Å². The van der Waals surface area contributed by atoms with Crippen LogP contribution in [-0.2, 0) is 6.42 Å². The molecule has 3 rings (SSSR count). The SMILES string of the molecule is C=CCCCc1ccc(C=NN=Cc2ccc(C3CCC(C)CC3)cc2)cc1. The molecule has 1 fully saturated rings. The number of rotatable bonds is 8. The van der Waals surface area contributed by atoms with Gasteiger partial charge >= 0.3 is 0 Å². The van der Waals surface area contributed by atoms with Crippen molar-refractivity contribution in [1.82, 2.24) is 0 Å². The molecular formula is C26H32N2. The maximum absolute atomic E-state index is 4.21. The van der Waals surface area contributed by atoms with Gasteiger partial charge in [-0.05, 0) is 66.2 Å². The fraction of sp³-hybridized carbons (Fsp3) is 0.385. The van der Waals surface area contributed by atoms with Crippen molar-refractivity contribution in [2.45, 2.75) is 57.8 Å². The topological polar surface area (TPSA) is 24.7 Å². The van der Waals surface area contributed by atoms with E-state index in [9.17, 15) is 0 Å². The molecule has 0 heterocycles. The van der Waals surface area contributed by atoms with E-state index in [1.165, 1.54) is 36.8 Å². The number of unbranched alkanes of at least 4 members (excludes halogenated alkanes) is 1. The zero-order chi connectivity index (χ0) is 19.6. The van der Waals surface area contributed by atoms with Gasteiger partial charge in [-0.2, -0.15) is 10.2 Å². The van der Waals surface area contributed by atoms with Crippen molar-refractivity contribution in [2.75, 3.05) is 0 Å². The van der Waals surface area contributed by atoms with Crippen molar-refractivity contribution in [3.63, 3.8) is 0 Å². The third-order valence-electron chi connectivity index (χ3n) is 5.76. The lowest BCUT2D eigenvalue weighted by atomic mass is 9.79. The smallest absolute Gasteiger partial charge is 0.0568 e. The first kappa shape index (κ1) is 20.3. The summed E-state index contributed by atoms with van der Waals surface area (Å²) in [6, 6.07) is 17.4. The van der Waals surface area contributed by atoms with Gasteiger partial charge in [-0.1, -0.05) is 74.4 Å². The van der Waals surface area contributed by atoms with E-state index in [4.69, 9.17) is 0 Å². The average molecular weight is 373 g/mol. The van der Waals surface area contributed by atoms with E-state index in [0.29, 0.717) is 0 Å². The minimum Gasteiger partial charge on any atom is -0.159 e. The molecule has 0 unspecified atom stereocenters. The summed E-state index contributed by atoms with van der Waals surface area (Å²) < 4.78 is 0. The van der Waals surface area contributed by atoms with E-state index in [-0.39, 0.29) is 0 Å². The van der Waals surface area contributed by atoms with Crippen LogP contribution in [0, 0.1) is 5.92 Å². The van der Waals surface area contributed by atoms with Crippen LogP contribution >= 0.6 is 0 Å². The third kappa shape index (κ3) is 6.30. The van der Waals surface area contributed by atoms with Crippen LogP contribution in [0.25, 0.3) is 0 Å². The number of hydrogen-bond donors (Lipinski definition) is 0. The van der Waals surface area contributed by atoms with E-state index >= 15 is 0 Å². The Kier molecular flexibility index (Phi) is 7.78. The van der Waals surface area contributed by atoms with Crippen molar-refractivity contribution < 1.29 is 0 Å². The van der Waals surface area contributed by atoms with Gasteiger partial charge in [0.15, 0.2) is 0 Å². The maximum atomic E-state index is 4.21. The Morgan fingerprint density at radius 2 is 1.43 bits per heavy atom. The first-order valence-corrected chi connectivity index (χ1v) is 10.6. The van der Waals surface area contributed by atoms with Gasteiger partial charge < -0.3 is 0 Å². The van der Waals surface area contributed by atoms with Gasteiger partial charge in [-0.3, -0.25) is 0 Å². The molecule has 0 spiro atoms. The Bertz CT molecular complexity index is 776. The first-order valence-electron chi connectivity index (χ1n) is 10.6. The lowest BCUT2D eigenvalue weighted by molar-refractivity contribution is 0.348. The van der Waals surface area contributed by atoms with E-state index < -0.39 is 0 Å². The Balaban J connectivity index is 1.49. The quantitative estimate of drug-likeness (QED) is 0.207. The number of hydrogen-bond acceptors (Lipinski definition) is 2. The van der Waals surface area contributed by atoms with Crippen molar-refractivity contribution in [2.24, 2.45) is 16.1 Å². The second kappa shape index (κ2) is 10.8. The summed E-state index contributed by atoms with van der Waals surface area (Å²) in [5.74, 6) is 1.63. The van der Waals surface area contributed by atoms with Gasteiger partial charge in [-0.15, -0.1) is 6.58 Å². The minimum atomic E-state index is 0.736. The van der Waals surface area contributed by atoms with Gasteiger partial charge in [0.05, 0.1) is 12.4 Å². The Hall–Kier alpha value is -2.48. The van der Waals surface area contributed by atoms with Gasteiger partial charge in [0.25, 0.3) is 0 Å².